The Bertz CT molecular complexity index is 184. The third kappa shape index (κ3) is 2.42. The number of nitrogens with two attached hydrogens (primary N) is 1. The van der Waals surface area contributed by atoms with Gasteiger partial charge in [0, 0.05) is 26.1 Å². The Kier molecular flexibility index (Phi) is 3.69. The molecule has 1 heterocycles. The van der Waals surface area contributed by atoms with Crippen molar-refractivity contribution in [1.29, 1.82) is 0 Å². The molecule has 0 saturated carbocycles. The van der Waals surface area contributed by atoms with Gasteiger partial charge >= 0.3 is 0 Å². The second kappa shape index (κ2) is 4.58. The van der Waals surface area contributed by atoms with Crippen molar-refractivity contribution in [3.63, 3.8) is 0 Å². The van der Waals surface area contributed by atoms with Gasteiger partial charge in [-0.15, -0.1) is 0 Å². The number of amides is 1. The molecule has 2 atom stereocenters. The molecule has 76 valence electrons. The first-order chi connectivity index (χ1) is 6.19. The number of rotatable bonds is 3. The van der Waals surface area contributed by atoms with Crippen LogP contribution in [0.5, 0.6) is 0 Å². The van der Waals surface area contributed by atoms with E-state index in [1.165, 1.54) is 0 Å². The number of hydrogen-bond acceptors (Lipinski definition) is 3. The van der Waals surface area contributed by atoms with Crippen molar-refractivity contribution in [2.24, 2.45) is 17.6 Å². The normalized spacial score (nSPS) is 28.1. The lowest BCUT2D eigenvalue weighted by molar-refractivity contribution is -0.128. The van der Waals surface area contributed by atoms with Gasteiger partial charge in [0.05, 0.1) is 13.2 Å². The smallest absolute Gasteiger partial charge is 0.236 e. The Balaban J connectivity index is 2.44. The van der Waals surface area contributed by atoms with Crippen LogP contribution in [-0.4, -0.2) is 44.2 Å². The van der Waals surface area contributed by atoms with Crippen LogP contribution in [0.1, 0.15) is 6.92 Å². The van der Waals surface area contributed by atoms with Crippen molar-refractivity contribution in [1.82, 2.24) is 4.90 Å². The van der Waals surface area contributed by atoms with Gasteiger partial charge in [-0.3, -0.25) is 4.79 Å². The van der Waals surface area contributed by atoms with Gasteiger partial charge in [0.15, 0.2) is 0 Å². The second-order valence-corrected chi connectivity index (χ2v) is 3.70. The molecule has 0 aromatic heterocycles. The monoisotopic (exact) mass is 186 g/mol. The van der Waals surface area contributed by atoms with Gasteiger partial charge in [-0.2, -0.15) is 0 Å². The molecule has 1 saturated heterocycles. The fourth-order valence-electron chi connectivity index (χ4n) is 1.80. The van der Waals surface area contributed by atoms with Gasteiger partial charge in [0.25, 0.3) is 0 Å². The van der Waals surface area contributed by atoms with E-state index >= 15 is 0 Å². The highest BCUT2D eigenvalue weighted by Crippen LogP contribution is 2.22. The molecule has 0 aromatic carbocycles. The number of methoxy groups -OCH3 is 1. The van der Waals surface area contributed by atoms with Crippen molar-refractivity contribution >= 4 is 5.91 Å². The molecular weight excluding hydrogens is 168 g/mol. The van der Waals surface area contributed by atoms with Gasteiger partial charge in [-0.1, -0.05) is 6.92 Å². The number of carbonyl (C=O) groups excluding carboxylic acids is 1. The number of likely N-dealkylation sites (tertiary alicyclic amines) is 1. The molecule has 0 aromatic rings. The molecule has 0 aliphatic carbocycles. The quantitative estimate of drug-likeness (QED) is 0.657. The van der Waals surface area contributed by atoms with E-state index < -0.39 is 0 Å². The summed E-state index contributed by atoms with van der Waals surface area (Å²) < 4.78 is 5.09. The number of nitrogens with zero attached hydrogens (tertiary/aromatic N) is 1. The molecule has 1 rings (SSSR count). The van der Waals surface area contributed by atoms with Crippen molar-refractivity contribution in [2.75, 3.05) is 33.4 Å². The van der Waals surface area contributed by atoms with Gasteiger partial charge in [-0.05, 0) is 5.92 Å². The molecule has 0 unspecified atom stereocenters. The zero-order valence-electron chi connectivity index (χ0n) is 8.32. The number of carbonyl (C=O) groups is 1. The second-order valence-electron chi connectivity index (χ2n) is 3.70. The van der Waals surface area contributed by atoms with Gasteiger partial charge in [-0.25, -0.2) is 0 Å². The Morgan fingerprint density at radius 2 is 2.31 bits per heavy atom. The summed E-state index contributed by atoms with van der Waals surface area (Å²) in [6, 6.07) is 0. The maximum absolute atomic E-state index is 11.3. The molecule has 2 N–H and O–H groups in total. The summed E-state index contributed by atoms with van der Waals surface area (Å²) in [5.41, 5.74) is 5.29. The van der Waals surface area contributed by atoms with Crippen LogP contribution in [0.4, 0.5) is 0 Å². The summed E-state index contributed by atoms with van der Waals surface area (Å²) in [5, 5.41) is 0. The number of ether oxygens (including phenoxy) is 1. The van der Waals surface area contributed by atoms with Gasteiger partial charge < -0.3 is 15.4 Å². The lowest BCUT2D eigenvalue weighted by Crippen LogP contribution is -2.34. The Morgan fingerprint density at radius 1 is 1.62 bits per heavy atom. The van der Waals surface area contributed by atoms with Crippen LogP contribution >= 0.6 is 0 Å². The summed E-state index contributed by atoms with van der Waals surface area (Å²) in [4.78, 5) is 13.1. The minimum absolute atomic E-state index is 0.0467. The van der Waals surface area contributed by atoms with Crippen LogP contribution < -0.4 is 5.73 Å². The van der Waals surface area contributed by atoms with Crippen LogP contribution in [0.3, 0.4) is 0 Å². The van der Waals surface area contributed by atoms with Crippen LogP contribution in [0.2, 0.25) is 0 Å². The average Bonchev–Trinajstić information content (AvgIpc) is 2.47. The van der Waals surface area contributed by atoms with Gasteiger partial charge in [0.2, 0.25) is 5.91 Å². The molecular formula is C9H18N2O2. The van der Waals surface area contributed by atoms with Crippen LogP contribution in [0, 0.1) is 11.8 Å². The summed E-state index contributed by atoms with van der Waals surface area (Å²) in [5.74, 6) is 1.04. The van der Waals surface area contributed by atoms with Crippen molar-refractivity contribution in [3.05, 3.63) is 0 Å². The predicted molar refractivity (Wildman–Crippen MR) is 50.2 cm³/mol. The fraction of sp³-hybridized carbons (Fsp3) is 0.889. The highest BCUT2D eigenvalue weighted by molar-refractivity contribution is 5.78. The van der Waals surface area contributed by atoms with Crippen LogP contribution in [0.25, 0.3) is 0 Å². The van der Waals surface area contributed by atoms with Crippen molar-refractivity contribution in [3.8, 4) is 0 Å². The Hall–Kier alpha value is -0.610. The average molecular weight is 186 g/mol. The van der Waals surface area contributed by atoms with E-state index in [1.807, 2.05) is 4.90 Å². The highest BCUT2D eigenvalue weighted by Gasteiger charge is 2.31. The van der Waals surface area contributed by atoms with Crippen LogP contribution in [-0.2, 0) is 9.53 Å². The molecule has 4 nitrogen and oxygen atoms in total. The maximum atomic E-state index is 11.3. The Morgan fingerprint density at radius 3 is 2.85 bits per heavy atom. The molecule has 0 bridgehead atoms. The summed E-state index contributed by atoms with van der Waals surface area (Å²) in [6.45, 7) is 4.62. The molecule has 1 aliphatic rings. The largest absolute Gasteiger partial charge is 0.384 e. The van der Waals surface area contributed by atoms with E-state index in [2.05, 4.69) is 6.92 Å². The topological polar surface area (TPSA) is 55.6 Å². The van der Waals surface area contributed by atoms with Crippen molar-refractivity contribution in [2.45, 2.75) is 6.92 Å². The van der Waals surface area contributed by atoms with E-state index in [0.29, 0.717) is 11.8 Å². The lowest BCUT2D eigenvalue weighted by Gasteiger charge is -2.14. The third-order valence-electron chi connectivity index (χ3n) is 2.68. The molecule has 0 radical (unpaired) electrons. The van der Waals surface area contributed by atoms with E-state index in [1.54, 1.807) is 7.11 Å². The van der Waals surface area contributed by atoms with Gasteiger partial charge in [0.1, 0.15) is 0 Å². The maximum Gasteiger partial charge on any atom is 0.236 e. The van der Waals surface area contributed by atoms with Crippen LogP contribution in [0.15, 0.2) is 0 Å². The first-order valence-electron chi connectivity index (χ1n) is 4.65. The Labute approximate surface area is 79.0 Å². The molecule has 4 heteroatoms. The van der Waals surface area contributed by atoms with E-state index in [-0.39, 0.29) is 12.5 Å². The van der Waals surface area contributed by atoms with E-state index in [0.717, 1.165) is 19.7 Å². The lowest BCUT2D eigenvalue weighted by atomic mass is 10.00. The molecule has 1 amide bonds. The zero-order chi connectivity index (χ0) is 9.84. The fourth-order valence-corrected chi connectivity index (χ4v) is 1.80. The minimum atomic E-state index is 0.0467. The molecule has 0 spiro atoms. The number of hydrogen-bond donors (Lipinski definition) is 1. The standard InChI is InChI=1S/C9H18N2O2/c1-7-4-11(9(12)3-10)5-8(7)6-13-2/h7-8H,3-6,10H2,1-2H3/t7-,8+/m0/s1. The summed E-state index contributed by atoms with van der Waals surface area (Å²) in [7, 11) is 1.69. The third-order valence-corrected chi connectivity index (χ3v) is 2.68. The van der Waals surface area contributed by atoms with Crippen molar-refractivity contribution < 1.29 is 9.53 Å². The zero-order valence-corrected chi connectivity index (χ0v) is 8.32. The highest BCUT2D eigenvalue weighted by atomic mass is 16.5. The first-order valence-corrected chi connectivity index (χ1v) is 4.65. The molecule has 1 fully saturated rings. The molecule has 13 heavy (non-hydrogen) atoms. The summed E-state index contributed by atoms with van der Waals surface area (Å²) in [6.07, 6.45) is 0. The summed E-state index contributed by atoms with van der Waals surface area (Å²) >= 11 is 0. The minimum Gasteiger partial charge on any atom is -0.384 e. The molecule has 1 aliphatic heterocycles. The van der Waals surface area contributed by atoms with E-state index in [4.69, 9.17) is 10.5 Å². The predicted octanol–water partition coefficient (Wildman–Crippen LogP) is -0.314. The SMILES string of the molecule is COC[C@H]1CN(C(=O)CN)C[C@@H]1C. The van der Waals surface area contributed by atoms with E-state index in [9.17, 15) is 4.79 Å². The first kappa shape index (κ1) is 10.5.